The summed E-state index contributed by atoms with van der Waals surface area (Å²) in [6.45, 7) is 2.09. The fraction of sp³-hybridized carbons (Fsp3) is 0.167. The molecule has 1 aliphatic heterocycles. The van der Waals surface area contributed by atoms with E-state index in [1.807, 2.05) is 30.3 Å². The van der Waals surface area contributed by atoms with Gasteiger partial charge in [-0.2, -0.15) is 0 Å². The lowest BCUT2D eigenvalue weighted by Crippen LogP contribution is -2.29. The molecule has 5 heteroatoms. The molecule has 3 aromatic carbocycles. The third-order valence-electron chi connectivity index (χ3n) is 5.30. The molecule has 4 aromatic rings. The van der Waals surface area contributed by atoms with Gasteiger partial charge in [-0.15, -0.1) is 0 Å². The fourth-order valence-electron chi connectivity index (χ4n) is 3.75. The number of rotatable bonds is 3. The number of para-hydroxylation sites is 2. The van der Waals surface area contributed by atoms with Gasteiger partial charge < -0.3 is 10.1 Å². The standard InChI is InChI=1S/C24H22N4O/c1-16-7-11-18(12-8-16)25-24-27-21(17-9-13-19(29-2)14-10-17)15-23-26-20-5-3-4-6-22(20)28(23)24/h3-14,21H,15H2,1-2H3,(H,25,27). The van der Waals surface area contributed by atoms with Crippen LogP contribution in [0.25, 0.3) is 11.0 Å². The Morgan fingerprint density at radius 3 is 2.48 bits per heavy atom. The molecule has 0 amide bonds. The summed E-state index contributed by atoms with van der Waals surface area (Å²) in [5.74, 6) is 2.65. The number of hydrogen-bond donors (Lipinski definition) is 1. The van der Waals surface area contributed by atoms with Crippen LogP contribution in [-0.4, -0.2) is 22.6 Å². The Kier molecular flexibility index (Phi) is 4.28. The summed E-state index contributed by atoms with van der Waals surface area (Å²) < 4.78 is 7.43. The van der Waals surface area contributed by atoms with E-state index in [1.54, 1.807) is 7.11 Å². The maximum absolute atomic E-state index is 5.30. The predicted molar refractivity (Wildman–Crippen MR) is 117 cm³/mol. The first-order chi connectivity index (χ1) is 14.2. The quantitative estimate of drug-likeness (QED) is 0.544. The normalized spacial score (nSPS) is 15.7. The van der Waals surface area contributed by atoms with E-state index in [2.05, 4.69) is 59.3 Å². The molecule has 1 atom stereocenters. The summed E-state index contributed by atoms with van der Waals surface area (Å²) in [7, 11) is 1.68. The number of fused-ring (bicyclic) bond motifs is 3. The van der Waals surface area contributed by atoms with Crippen molar-refractivity contribution >= 4 is 22.7 Å². The van der Waals surface area contributed by atoms with Gasteiger partial charge in [0.1, 0.15) is 11.6 Å². The summed E-state index contributed by atoms with van der Waals surface area (Å²) >= 11 is 0. The molecule has 1 unspecified atom stereocenters. The Labute approximate surface area is 169 Å². The molecule has 0 saturated carbocycles. The molecule has 1 aliphatic rings. The molecule has 0 aliphatic carbocycles. The highest BCUT2D eigenvalue weighted by molar-refractivity contribution is 6.01. The molecule has 0 fully saturated rings. The van der Waals surface area contributed by atoms with Crippen molar-refractivity contribution in [2.24, 2.45) is 4.99 Å². The Hall–Kier alpha value is -3.60. The number of imidazole rings is 1. The van der Waals surface area contributed by atoms with Gasteiger partial charge in [-0.05, 0) is 48.9 Å². The summed E-state index contributed by atoms with van der Waals surface area (Å²) in [4.78, 5) is 9.96. The summed E-state index contributed by atoms with van der Waals surface area (Å²) in [6, 6.07) is 24.7. The van der Waals surface area contributed by atoms with Crippen molar-refractivity contribution < 1.29 is 4.74 Å². The van der Waals surface area contributed by atoms with Crippen LogP contribution in [0.5, 0.6) is 5.75 Å². The zero-order valence-electron chi connectivity index (χ0n) is 16.5. The first-order valence-electron chi connectivity index (χ1n) is 9.73. The number of aromatic nitrogens is 2. The van der Waals surface area contributed by atoms with Crippen LogP contribution in [0, 0.1) is 6.92 Å². The molecular formula is C24H22N4O. The van der Waals surface area contributed by atoms with Crippen molar-refractivity contribution in [3.05, 3.63) is 89.7 Å². The van der Waals surface area contributed by atoms with Gasteiger partial charge >= 0.3 is 0 Å². The number of aryl methyl sites for hydroxylation is 1. The molecule has 0 radical (unpaired) electrons. The molecule has 0 saturated heterocycles. The SMILES string of the molecule is COc1ccc(C2Cc3nc4ccccc4n3C(Nc3ccc(C)cc3)=N2)cc1. The first kappa shape index (κ1) is 17.5. The third kappa shape index (κ3) is 3.25. The van der Waals surface area contributed by atoms with Crippen molar-refractivity contribution in [3.8, 4) is 5.75 Å². The van der Waals surface area contributed by atoms with Crippen LogP contribution in [0.2, 0.25) is 0 Å². The molecule has 0 bridgehead atoms. The molecule has 0 spiro atoms. The number of aliphatic imine (C=N–C) groups is 1. The molecular weight excluding hydrogens is 360 g/mol. The third-order valence-corrected chi connectivity index (χ3v) is 5.30. The number of hydrogen-bond acceptors (Lipinski definition) is 4. The van der Waals surface area contributed by atoms with E-state index in [0.717, 1.165) is 46.2 Å². The molecule has 29 heavy (non-hydrogen) atoms. The van der Waals surface area contributed by atoms with Gasteiger partial charge in [0.05, 0.1) is 24.2 Å². The number of nitrogens with one attached hydrogen (secondary N) is 1. The number of benzene rings is 3. The van der Waals surface area contributed by atoms with E-state index in [1.165, 1.54) is 5.56 Å². The Morgan fingerprint density at radius 1 is 0.966 bits per heavy atom. The van der Waals surface area contributed by atoms with Crippen molar-refractivity contribution in [2.75, 3.05) is 12.4 Å². The minimum atomic E-state index is -0.00170. The Morgan fingerprint density at radius 2 is 1.72 bits per heavy atom. The molecule has 5 nitrogen and oxygen atoms in total. The maximum atomic E-state index is 5.30. The second-order valence-corrected chi connectivity index (χ2v) is 7.29. The summed E-state index contributed by atoms with van der Waals surface area (Å²) in [5.41, 5.74) is 5.43. The van der Waals surface area contributed by atoms with Crippen LogP contribution in [0.1, 0.15) is 23.0 Å². The molecule has 2 heterocycles. The van der Waals surface area contributed by atoms with Gasteiger partial charge in [0.2, 0.25) is 5.96 Å². The highest BCUT2D eigenvalue weighted by Gasteiger charge is 2.25. The van der Waals surface area contributed by atoms with Crippen LogP contribution in [0.4, 0.5) is 5.69 Å². The van der Waals surface area contributed by atoms with Crippen LogP contribution in [-0.2, 0) is 6.42 Å². The van der Waals surface area contributed by atoms with Crippen LogP contribution < -0.4 is 10.1 Å². The maximum Gasteiger partial charge on any atom is 0.209 e. The van der Waals surface area contributed by atoms with Crippen LogP contribution >= 0.6 is 0 Å². The van der Waals surface area contributed by atoms with Gasteiger partial charge in [-0.1, -0.05) is 42.0 Å². The number of ether oxygens (including phenoxy) is 1. The largest absolute Gasteiger partial charge is 0.497 e. The lowest BCUT2D eigenvalue weighted by molar-refractivity contribution is 0.414. The minimum absolute atomic E-state index is 0.00170. The average Bonchev–Trinajstić information content (AvgIpc) is 3.14. The van der Waals surface area contributed by atoms with E-state index < -0.39 is 0 Å². The van der Waals surface area contributed by atoms with E-state index in [4.69, 9.17) is 14.7 Å². The van der Waals surface area contributed by atoms with Gasteiger partial charge in [0.25, 0.3) is 0 Å². The smallest absolute Gasteiger partial charge is 0.209 e. The topological polar surface area (TPSA) is 51.4 Å². The van der Waals surface area contributed by atoms with Crippen molar-refractivity contribution in [1.82, 2.24) is 9.55 Å². The minimum Gasteiger partial charge on any atom is -0.497 e. The van der Waals surface area contributed by atoms with Crippen LogP contribution in [0.15, 0.2) is 77.8 Å². The first-order valence-corrected chi connectivity index (χ1v) is 9.73. The van der Waals surface area contributed by atoms with E-state index in [0.29, 0.717) is 0 Å². The highest BCUT2D eigenvalue weighted by Crippen LogP contribution is 2.30. The zero-order valence-corrected chi connectivity index (χ0v) is 16.5. The van der Waals surface area contributed by atoms with E-state index in [9.17, 15) is 0 Å². The molecule has 5 rings (SSSR count). The average molecular weight is 382 g/mol. The lowest BCUT2D eigenvalue weighted by Gasteiger charge is -2.24. The second kappa shape index (κ2) is 7.09. The number of anilines is 1. The van der Waals surface area contributed by atoms with E-state index in [-0.39, 0.29) is 6.04 Å². The van der Waals surface area contributed by atoms with Crippen LogP contribution in [0.3, 0.4) is 0 Å². The van der Waals surface area contributed by atoms with E-state index >= 15 is 0 Å². The van der Waals surface area contributed by atoms with Gasteiger partial charge in [-0.3, -0.25) is 4.57 Å². The lowest BCUT2D eigenvalue weighted by atomic mass is 10.0. The second-order valence-electron chi connectivity index (χ2n) is 7.29. The Bertz CT molecular complexity index is 1190. The van der Waals surface area contributed by atoms with Crippen molar-refractivity contribution in [3.63, 3.8) is 0 Å². The van der Waals surface area contributed by atoms with Crippen molar-refractivity contribution in [1.29, 1.82) is 0 Å². The highest BCUT2D eigenvalue weighted by atomic mass is 16.5. The fourth-order valence-corrected chi connectivity index (χ4v) is 3.75. The summed E-state index contributed by atoms with van der Waals surface area (Å²) in [5, 5.41) is 3.51. The van der Waals surface area contributed by atoms with Gasteiger partial charge in [0, 0.05) is 12.1 Å². The predicted octanol–water partition coefficient (Wildman–Crippen LogP) is 4.97. The zero-order chi connectivity index (χ0) is 19.8. The molecule has 144 valence electrons. The number of nitrogens with zero attached hydrogens (tertiary/aromatic N) is 3. The van der Waals surface area contributed by atoms with Crippen molar-refractivity contribution in [2.45, 2.75) is 19.4 Å². The van der Waals surface area contributed by atoms with Gasteiger partial charge in [-0.25, -0.2) is 9.98 Å². The monoisotopic (exact) mass is 382 g/mol. The molecule has 1 N–H and O–H groups in total. The molecule has 1 aromatic heterocycles. The summed E-state index contributed by atoms with van der Waals surface area (Å²) in [6.07, 6.45) is 0.750. The van der Waals surface area contributed by atoms with Gasteiger partial charge in [0.15, 0.2) is 0 Å². The Balaban J connectivity index is 1.59. The number of methoxy groups -OCH3 is 1.